The summed E-state index contributed by atoms with van der Waals surface area (Å²) < 4.78 is 0. The molecule has 0 radical (unpaired) electrons. The number of benzene rings is 1. The van der Waals surface area contributed by atoms with Crippen LogP contribution in [0.5, 0.6) is 0 Å². The Bertz CT molecular complexity index is 349. The zero-order valence-corrected chi connectivity index (χ0v) is 11.9. The Morgan fingerprint density at radius 2 is 2.06 bits per heavy atom. The lowest BCUT2D eigenvalue weighted by Crippen LogP contribution is -2.57. The van der Waals surface area contributed by atoms with Gasteiger partial charge in [-0.25, -0.2) is 0 Å². The van der Waals surface area contributed by atoms with Gasteiger partial charge < -0.3 is 10.2 Å². The van der Waals surface area contributed by atoms with Crippen molar-refractivity contribution in [1.29, 1.82) is 0 Å². The van der Waals surface area contributed by atoms with Gasteiger partial charge in [0.1, 0.15) is 0 Å². The smallest absolute Gasteiger partial charge is 0.0243 e. The molecule has 1 aromatic carbocycles. The van der Waals surface area contributed by atoms with E-state index in [9.17, 15) is 0 Å². The van der Waals surface area contributed by atoms with Crippen LogP contribution in [0.25, 0.3) is 0 Å². The molecule has 2 rings (SSSR count). The lowest BCUT2D eigenvalue weighted by atomic mass is 9.93. The predicted octanol–water partition coefficient (Wildman–Crippen LogP) is 2.55. The molecule has 3 atom stereocenters. The van der Waals surface area contributed by atoms with Gasteiger partial charge in [0.2, 0.25) is 0 Å². The van der Waals surface area contributed by atoms with E-state index < -0.39 is 0 Å². The van der Waals surface area contributed by atoms with E-state index >= 15 is 0 Å². The lowest BCUT2D eigenvalue weighted by molar-refractivity contribution is 0.119. The quantitative estimate of drug-likeness (QED) is 0.878. The second kappa shape index (κ2) is 6.35. The molecule has 3 unspecified atom stereocenters. The second-order valence-electron chi connectivity index (χ2n) is 5.69. The molecule has 1 aliphatic heterocycles. The molecule has 100 valence electrons. The minimum atomic E-state index is 0.595. The lowest BCUT2D eigenvalue weighted by Gasteiger charge is -2.41. The predicted molar refractivity (Wildman–Crippen MR) is 77.8 cm³/mol. The van der Waals surface area contributed by atoms with Crippen molar-refractivity contribution in [2.24, 2.45) is 5.92 Å². The van der Waals surface area contributed by atoms with Gasteiger partial charge in [0, 0.05) is 25.2 Å². The molecule has 0 saturated carbocycles. The highest BCUT2D eigenvalue weighted by Crippen LogP contribution is 2.17. The second-order valence-corrected chi connectivity index (χ2v) is 5.69. The van der Waals surface area contributed by atoms with Gasteiger partial charge in [-0.3, -0.25) is 0 Å². The van der Waals surface area contributed by atoms with Crippen LogP contribution in [0.1, 0.15) is 25.8 Å². The maximum absolute atomic E-state index is 3.72. The summed E-state index contributed by atoms with van der Waals surface area (Å²) in [7, 11) is 2.27. The van der Waals surface area contributed by atoms with E-state index in [2.05, 4.69) is 61.4 Å². The first-order valence-electron chi connectivity index (χ1n) is 7.18. The third-order valence-electron chi connectivity index (χ3n) is 4.32. The molecule has 1 fully saturated rings. The van der Waals surface area contributed by atoms with Crippen molar-refractivity contribution in [2.45, 2.75) is 38.8 Å². The van der Waals surface area contributed by atoms with Crippen LogP contribution in [0, 0.1) is 5.92 Å². The summed E-state index contributed by atoms with van der Waals surface area (Å²) in [6.45, 7) is 6.93. The third kappa shape index (κ3) is 3.33. The molecule has 1 aromatic rings. The van der Waals surface area contributed by atoms with Gasteiger partial charge in [-0.1, -0.05) is 50.6 Å². The van der Waals surface area contributed by atoms with Crippen LogP contribution < -0.4 is 5.32 Å². The van der Waals surface area contributed by atoms with Gasteiger partial charge in [-0.15, -0.1) is 0 Å². The Balaban J connectivity index is 1.88. The SMILES string of the molecule is CCC(C)C1CNC(Cc2ccccc2)CN1C. The van der Waals surface area contributed by atoms with Crippen molar-refractivity contribution in [3.05, 3.63) is 35.9 Å². The van der Waals surface area contributed by atoms with Crippen molar-refractivity contribution < 1.29 is 0 Å². The Morgan fingerprint density at radius 3 is 2.67 bits per heavy atom. The molecule has 1 saturated heterocycles. The molecule has 0 spiro atoms. The van der Waals surface area contributed by atoms with Crippen molar-refractivity contribution in [3.8, 4) is 0 Å². The fourth-order valence-corrected chi connectivity index (χ4v) is 2.93. The Hall–Kier alpha value is -0.860. The molecule has 0 aromatic heterocycles. The first-order valence-corrected chi connectivity index (χ1v) is 7.18. The van der Waals surface area contributed by atoms with Crippen molar-refractivity contribution in [1.82, 2.24) is 10.2 Å². The van der Waals surface area contributed by atoms with Gasteiger partial charge in [-0.05, 0) is 24.9 Å². The van der Waals surface area contributed by atoms with Gasteiger partial charge in [0.25, 0.3) is 0 Å². The number of hydrogen-bond donors (Lipinski definition) is 1. The summed E-state index contributed by atoms with van der Waals surface area (Å²) in [4.78, 5) is 2.54. The summed E-state index contributed by atoms with van der Waals surface area (Å²) in [6, 6.07) is 12.1. The van der Waals surface area contributed by atoms with Crippen molar-refractivity contribution in [2.75, 3.05) is 20.1 Å². The van der Waals surface area contributed by atoms with Crippen LogP contribution in [0.2, 0.25) is 0 Å². The molecule has 18 heavy (non-hydrogen) atoms. The molecule has 1 N–H and O–H groups in total. The average Bonchev–Trinajstić information content (AvgIpc) is 2.39. The van der Waals surface area contributed by atoms with Crippen LogP contribution in [0.15, 0.2) is 30.3 Å². The molecule has 0 bridgehead atoms. The molecule has 2 nitrogen and oxygen atoms in total. The van der Waals surface area contributed by atoms with E-state index in [1.54, 1.807) is 0 Å². The van der Waals surface area contributed by atoms with Gasteiger partial charge in [0.05, 0.1) is 0 Å². The van der Waals surface area contributed by atoms with Crippen LogP contribution >= 0.6 is 0 Å². The van der Waals surface area contributed by atoms with Crippen LogP contribution in [0.4, 0.5) is 0 Å². The average molecular weight is 246 g/mol. The normalized spacial score (nSPS) is 27.1. The first-order chi connectivity index (χ1) is 8.70. The van der Waals surface area contributed by atoms with E-state index in [-0.39, 0.29) is 0 Å². The maximum Gasteiger partial charge on any atom is 0.0243 e. The zero-order chi connectivity index (χ0) is 13.0. The minimum Gasteiger partial charge on any atom is -0.311 e. The number of likely N-dealkylation sites (N-methyl/N-ethyl adjacent to an activating group) is 1. The summed E-state index contributed by atoms with van der Waals surface area (Å²) in [6.07, 6.45) is 2.40. The van der Waals surface area contributed by atoms with Crippen molar-refractivity contribution >= 4 is 0 Å². The summed E-state index contributed by atoms with van der Waals surface area (Å²) in [5.41, 5.74) is 1.44. The van der Waals surface area contributed by atoms with Crippen LogP contribution in [0.3, 0.4) is 0 Å². The Morgan fingerprint density at radius 1 is 1.33 bits per heavy atom. The van der Waals surface area contributed by atoms with Gasteiger partial charge in [-0.2, -0.15) is 0 Å². The molecular formula is C16H26N2. The number of hydrogen-bond acceptors (Lipinski definition) is 2. The standard InChI is InChI=1S/C16H26N2/c1-4-13(2)16-11-17-15(12-18(16)3)10-14-8-6-5-7-9-14/h5-9,13,15-17H,4,10-12H2,1-3H3. The summed E-state index contributed by atoms with van der Waals surface area (Å²) >= 11 is 0. The molecule has 0 amide bonds. The van der Waals surface area contributed by atoms with E-state index in [0.29, 0.717) is 12.1 Å². The zero-order valence-electron chi connectivity index (χ0n) is 11.9. The van der Waals surface area contributed by atoms with E-state index in [1.807, 2.05) is 0 Å². The molecule has 0 aliphatic carbocycles. The maximum atomic E-state index is 3.72. The van der Waals surface area contributed by atoms with Crippen molar-refractivity contribution in [3.63, 3.8) is 0 Å². The van der Waals surface area contributed by atoms with Gasteiger partial charge in [0.15, 0.2) is 0 Å². The molecule has 1 aliphatic rings. The van der Waals surface area contributed by atoms with Crippen LogP contribution in [-0.2, 0) is 6.42 Å². The van der Waals surface area contributed by atoms with Gasteiger partial charge >= 0.3 is 0 Å². The highest BCUT2D eigenvalue weighted by molar-refractivity contribution is 5.16. The number of piperazine rings is 1. The highest BCUT2D eigenvalue weighted by Gasteiger charge is 2.28. The largest absolute Gasteiger partial charge is 0.311 e. The third-order valence-corrected chi connectivity index (χ3v) is 4.32. The first kappa shape index (κ1) is 13.6. The van der Waals surface area contributed by atoms with E-state index in [0.717, 1.165) is 25.4 Å². The van der Waals surface area contributed by atoms with E-state index in [1.165, 1.54) is 12.0 Å². The monoisotopic (exact) mass is 246 g/mol. The highest BCUT2D eigenvalue weighted by atomic mass is 15.2. The minimum absolute atomic E-state index is 0.595. The fraction of sp³-hybridized carbons (Fsp3) is 0.625. The number of rotatable bonds is 4. The Labute approximate surface area is 111 Å². The number of nitrogens with one attached hydrogen (secondary N) is 1. The summed E-state index contributed by atoms with van der Waals surface area (Å²) in [5.74, 6) is 0.778. The fourth-order valence-electron chi connectivity index (χ4n) is 2.93. The Kier molecular flexibility index (Phi) is 4.79. The number of nitrogens with zero attached hydrogens (tertiary/aromatic N) is 1. The van der Waals surface area contributed by atoms with E-state index in [4.69, 9.17) is 0 Å². The molecular weight excluding hydrogens is 220 g/mol. The molecule has 1 heterocycles. The molecule has 2 heteroatoms. The topological polar surface area (TPSA) is 15.3 Å². The summed E-state index contributed by atoms with van der Waals surface area (Å²) in [5, 5.41) is 3.72. The van der Waals surface area contributed by atoms with Crippen LogP contribution in [-0.4, -0.2) is 37.1 Å².